The third-order valence-corrected chi connectivity index (χ3v) is 5.60. The molecule has 0 bridgehead atoms. The van der Waals surface area contributed by atoms with E-state index in [4.69, 9.17) is 10.8 Å². The van der Waals surface area contributed by atoms with Gasteiger partial charge in [-0.2, -0.15) is 0 Å². The number of fused-ring (bicyclic) bond motifs is 1. The van der Waals surface area contributed by atoms with Crippen LogP contribution in [0.4, 0.5) is 5.13 Å². The first kappa shape index (κ1) is 17.1. The minimum absolute atomic E-state index is 0.150. The van der Waals surface area contributed by atoms with Crippen molar-refractivity contribution in [1.82, 2.24) is 4.98 Å². The molecule has 2 aromatic rings. The zero-order valence-corrected chi connectivity index (χ0v) is 14.6. The summed E-state index contributed by atoms with van der Waals surface area (Å²) in [4.78, 5) is 18.5. The van der Waals surface area contributed by atoms with Gasteiger partial charge in [0.15, 0.2) is 5.13 Å². The van der Waals surface area contributed by atoms with Crippen LogP contribution in [0.5, 0.6) is 0 Å². The third kappa shape index (κ3) is 3.50. The lowest BCUT2D eigenvalue weighted by Crippen LogP contribution is -2.17. The first-order chi connectivity index (χ1) is 11.6. The number of hydrogen-bond donors (Lipinski definition) is 3. The summed E-state index contributed by atoms with van der Waals surface area (Å²) in [6.45, 7) is 2.04. The van der Waals surface area contributed by atoms with Gasteiger partial charge in [-0.25, -0.2) is 4.98 Å². The predicted octanol–water partition coefficient (Wildman–Crippen LogP) is 3.22. The highest BCUT2D eigenvalue weighted by Crippen LogP contribution is 2.38. The summed E-state index contributed by atoms with van der Waals surface area (Å²) < 4.78 is 0. The second-order valence-corrected chi connectivity index (χ2v) is 7.28. The van der Waals surface area contributed by atoms with Crippen LogP contribution in [0.2, 0.25) is 0 Å². The van der Waals surface area contributed by atoms with Crippen molar-refractivity contribution in [2.24, 2.45) is 5.73 Å². The molecule has 1 amide bonds. The number of benzene rings is 1. The maximum Gasteiger partial charge on any atom is 0.257 e. The van der Waals surface area contributed by atoms with Crippen LogP contribution in [0.3, 0.4) is 0 Å². The van der Waals surface area contributed by atoms with E-state index in [-0.39, 0.29) is 12.5 Å². The molecule has 2 unspecified atom stereocenters. The molecule has 0 saturated carbocycles. The van der Waals surface area contributed by atoms with Gasteiger partial charge in [-0.1, -0.05) is 19.1 Å². The van der Waals surface area contributed by atoms with Gasteiger partial charge in [0, 0.05) is 16.4 Å². The number of nitrogens with two attached hydrogens (primary N) is 1. The maximum atomic E-state index is 12.5. The molecule has 5 nitrogen and oxygen atoms in total. The fourth-order valence-corrected chi connectivity index (χ4v) is 4.23. The number of amides is 1. The highest BCUT2D eigenvalue weighted by molar-refractivity contribution is 7.15. The molecule has 0 saturated heterocycles. The normalized spacial score (nSPS) is 18.0. The van der Waals surface area contributed by atoms with Gasteiger partial charge in [0.1, 0.15) is 0 Å². The van der Waals surface area contributed by atoms with E-state index in [0.717, 1.165) is 18.4 Å². The summed E-state index contributed by atoms with van der Waals surface area (Å²) in [5, 5.41) is 12.7. The minimum Gasteiger partial charge on any atom is -0.394 e. The van der Waals surface area contributed by atoms with Crippen molar-refractivity contribution >= 4 is 22.4 Å². The number of carbonyl (C=O) groups is 1. The molecule has 1 aromatic carbocycles. The lowest BCUT2D eigenvalue weighted by Gasteiger charge is -2.18. The highest BCUT2D eigenvalue weighted by Gasteiger charge is 2.24. The summed E-state index contributed by atoms with van der Waals surface area (Å²) in [7, 11) is 0. The fraction of sp³-hybridized carbons (Fsp3) is 0.444. The molecule has 6 heteroatoms. The number of carbonyl (C=O) groups excluding carboxylic acids is 1. The number of nitrogens with zero attached hydrogens (tertiary/aromatic N) is 1. The maximum absolute atomic E-state index is 12.5. The van der Waals surface area contributed by atoms with E-state index in [1.807, 2.05) is 6.07 Å². The molecule has 3 rings (SSSR count). The number of aliphatic hydroxyl groups is 1. The van der Waals surface area contributed by atoms with Gasteiger partial charge in [0.05, 0.1) is 18.3 Å². The molecule has 0 radical (unpaired) electrons. The van der Waals surface area contributed by atoms with Crippen LogP contribution in [0.25, 0.3) is 0 Å². The number of rotatable bonds is 5. The summed E-state index contributed by atoms with van der Waals surface area (Å²) in [6.07, 6.45) is 4.52. The molecule has 1 aromatic heterocycles. The van der Waals surface area contributed by atoms with Crippen molar-refractivity contribution < 1.29 is 9.90 Å². The molecule has 0 fully saturated rings. The van der Waals surface area contributed by atoms with E-state index in [1.54, 1.807) is 29.5 Å². The topological polar surface area (TPSA) is 88.2 Å². The van der Waals surface area contributed by atoms with Crippen molar-refractivity contribution in [2.75, 3.05) is 11.9 Å². The Balaban J connectivity index is 1.77. The number of hydrogen-bond acceptors (Lipinski definition) is 5. The van der Waals surface area contributed by atoms with Crippen LogP contribution in [0, 0.1) is 0 Å². The molecule has 2 atom stereocenters. The largest absolute Gasteiger partial charge is 0.394 e. The van der Waals surface area contributed by atoms with Crippen LogP contribution in [-0.2, 0) is 6.42 Å². The Hall–Kier alpha value is -1.76. The SMILES string of the molecule is CCC1CCCc2sc(NC(=O)c3cccc(C(N)CO)c3)nc21. The average molecular weight is 345 g/mol. The van der Waals surface area contributed by atoms with Crippen molar-refractivity contribution in [3.05, 3.63) is 46.0 Å². The Bertz CT molecular complexity index is 729. The summed E-state index contributed by atoms with van der Waals surface area (Å²) >= 11 is 1.58. The lowest BCUT2D eigenvalue weighted by molar-refractivity contribution is 0.102. The van der Waals surface area contributed by atoms with Crippen LogP contribution in [-0.4, -0.2) is 22.6 Å². The summed E-state index contributed by atoms with van der Waals surface area (Å²) in [5.41, 5.74) is 8.26. The molecule has 24 heavy (non-hydrogen) atoms. The monoisotopic (exact) mass is 345 g/mol. The van der Waals surface area contributed by atoms with Crippen molar-refractivity contribution in [3.63, 3.8) is 0 Å². The molecule has 4 N–H and O–H groups in total. The summed E-state index contributed by atoms with van der Waals surface area (Å²) in [5.74, 6) is 0.322. The Kier molecular flexibility index (Phi) is 5.28. The zero-order chi connectivity index (χ0) is 17.1. The number of aryl methyl sites for hydroxylation is 1. The van der Waals surface area contributed by atoms with Crippen molar-refractivity contribution in [3.8, 4) is 0 Å². The van der Waals surface area contributed by atoms with E-state index in [0.29, 0.717) is 16.6 Å². The molecule has 1 aliphatic carbocycles. The van der Waals surface area contributed by atoms with Crippen LogP contribution < -0.4 is 11.1 Å². The smallest absolute Gasteiger partial charge is 0.257 e. The first-order valence-electron chi connectivity index (χ1n) is 8.39. The third-order valence-electron chi connectivity index (χ3n) is 4.56. The molecule has 1 heterocycles. The Morgan fingerprint density at radius 3 is 3.12 bits per heavy atom. The molecular formula is C18H23N3O2S. The number of aromatic nitrogens is 1. The zero-order valence-electron chi connectivity index (χ0n) is 13.8. The van der Waals surface area contributed by atoms with Gasteiger partial charge in [-0.15, -0.1) is 11.3 Å². The number of anilines is 1. The predicted molar refractivity (Wildman–Crippen MR) is 96.5 cm³/mol. The van der Waals surface area contributed by atoms with Crippen LogP contribution >= 0.6 is 11.3 Å². The lowest BCUT2D eigenvalue weighted by atomic mass is 9.89. The van der Waals surface area contributed by atoms with Gasteiger partial charge in [-0.3, -0.25) is 10.1 Å². The second kappa shape index (κ2) is 7.42. The van der Waals surface area contributed by atoms with E-state index in [1.165, 1.54) is 23.4 Å². The van der Waals surface area contributed by atoms with Crippen molar-refractivity contribution in [2.45, 2.75) is 44.6 Å². The summed E-state index contributed by atoms with van der Waals surface area (Å²) in [6, 6.07) is 6.57. The van der Waals surface area contributed by atoms with Gasteiger partial charge in [0.25, 0.3) is 5.91 Å². The number of thiazole rings is 1. The second-order valence-electron chi connectivity index (χ2n) is 6.19. The average Bonchev–Trinajstić information content (AvgIpc) is 3.03. The van der Waals surface area contributed by atoms with E-state index in [9.17, 15) is 4.79 Å². The highest BCUT2D eigenvalue weighted by atomic mass is 32.1. The minimum atomic E-state index is -0.477. The van der Waals surface area contributed by atoms with E-state index >= 15 is 0 Å². The van der Waals surface area contributed by atoms with Gasteiger partial charge < -0.3 is 10.8 Å². The molecule has 0 spiro atoms. The Labute approximate surface area is 145 Å². The molecule has 0 aliphatic heterocycles. The van der Waals surface area contributed by atoms with Gasteiger partial charge in [0.2, 0.25) is 0 Å². The van der Waals surface area contributed by atoms with Crippen molar-refractivity contribution in [1.29, 1.82) is 0 Å². The van der Waals surface area contributed by atoms with Gasteiger partial charge >= 0.3 is 0 Å². The number of aliphatic hydroxyl groups excluding tert-OH is 1. The standard InChI is InChI=1S/C18H23N3O2S/c1-2-11-5-4-8-15-16(11)20-18(24-15)21-17(23)13-7-3-6-12(9-13)14(19)10-22/h3,6-7,9,11,14,22H,2,4-5,8,10,19H2,1H3,(H,20,21,23). The van der Waals surface area contributed by atoms with Crippen LogP contribution in [0.1, 0.15) is 64.6 Å². The van der Waals surface area contributed by atoms with Gasteiger partial charge in [-0.05, 0) is 43.4 Å². The number of nitrogens with one attached hydrogen (secondary N) is 1. The molecule has 1 aliphatic rings. The fourth-order valence-electron chi connectivity index (χ4n) is 3.14. The quantitative estimate of drug-likeness (QED) is 0.776. The Morgan fingerprint density at radius 1 is 1.54 bits per heavy atom. The Morgan fingerprint density at radius 2 is 2.38 bits per heavy atom. The van der Waals surface area contributed by atoms with Crippen LogP contribution in [0.15, 0.2) is 24.3 Å². The van der Waals surface area contributed by atoms with E-state index in [2.05, 4.69) is 17.2 Å². The molecular weight excluding hydrogens is 322 g/mol. The first-order valence-corrected chi connectivity index (χ1v) is 9.21. The van der Waals surface area contributed by atoms with E-state index < -0.39 is 6.04 Å². The molecule has 128 valence electrons.